The maximum atomic E-state index is 11.5. The summed E-state index contributed by atoms with van der Waals surface area (Å²) in [5, 5.41) is 2.54. The average Bonchev–Trinajstić information content (AvgIpc) is 2.21. The van der Waals surface area contributed by atoms with Gasteiger partial charge in [-0.25, -0.2) is 8.42 Å². The van der Waals surface area contributed by atoms with Gasteiger partial charge >= 0.3 is 0 Å². The summed E-state index contributed by atoms with van der Waals surface area (Å²) in [7, 11) is 1.26. The van der Waals surface area contributed by atoms with Crippen LogP contribution in [0.15, 0.2) is 17.0 Å². The average molecular weight is 331 g/mol. The third-order valence-corrected chi connectivity index (χ3v) is 4.00. The number of benzene rings is 1. The Balaban J connectivity index is 3.22. The van der Waals surface area contributed by atoms with Gasteiger partial charge in [-0.15, -0.1) is 0 Å². The Bertz CT molecular complexity index is 561. The first-order valence-corrected chi connectivity index (χ1v) is 7.94. The number of hydrogen-bond acceptors (Lipinski definition) is 3. The molecule has 1 aromatic carbocycles. The molecular formula is C10H10Cl3NO3S. The van der Waals surface area contributed by atoms with Gasteiger partial charge in [0.25, 0.3) is 9.05 Å². The molecule has 0 aliphatic heterocycles. The molecule has 0 bridgehead atoms. The fourth-order valence-electron chi connectivity index (χ4n) is 1.08. The number of halogens is 3. The Morgan fingerprint density at radius 1 is 1.22 bits per heavy atom. The molecule has 0 atom stereocenters. The smallest absolute Gasteiger partial charge is 0.261 e. The second kappa shape index (κ2) is 5.65. The molecule has 0 spiro atoms. The van der Waals surface area contributed by atoms with Gasteiger partial charge in [0.1, 0.15) is 0 Å². The fraction of sp³-hybridized carbons (Fsp3) is 0.300. The summed E-state index contributed by atoms with van der Waals surface area (Å²) >= 11 is 11.7. The number of carbonyl (C=O) groups excluding carboxylic acids is 1. The Kier molecular flexibility index (Phi) is 4.89. The highest BCUT2D eigenvalue weighted by Crippen LogP contribution is 2.34. The van der Waals surface area contributed by atoms with Gasteiger partial charge in [0, 0.05) is 16.6 Å². The Hall–Kier alpha value is -0.490. The Morgan fingerprint density at radius 2 is 1.67 bits per heavy atom. The first kappa shape index (κ1) is 15.6. The van der Waals surface area contributed by atoms with Crippen LogP contribution in [0.1, 0.15) is 13.8 Å². The van der Waals surface area contributed by atoms with Crippen molar-refractivity contribution in [3.63, 3.8) is 0 Å². The van der Waals surface area contributed by atoms with Crippen molar-refractivity contribution in [2.24, 2.45) is 5.92 Å². The van der Waals surface area contributed by atoms with Crippen molar-refractivity contribution in [1.82, 2.24) is 0 Å². The first-order chi connectivity index (χ1) is 8.12. The summed E-state index contributed by atoms with van der Waals surface area (Å²) in [6, 6.07) is 2.26. The van der Waals surface area contributed by atoms with Crippen LogP contribution in [0.2, 0.25) is 10.0 Å². The molecule has 1 rings (SSSR count). The zero-order valence-electron chi connectivity index (χ0n) is 9.50. The largest absolute Gasteiger partial charge is 0.323 e. The van der Waals surface area contributed by atoms with Gasteiger partial charge < -0.3 is 5.32 Å². The molecule has 0 heterocycles. The van der Waals surface area contributed by atoms with E-state index in [1.54, 1.807) is 13.8 Å². The molecule has 0 aromatic heterocycles. The second-order valence-electron chi connectivity index (χ2n) is 3.84. The molecule has 1 amide bonds. The lowest BCUT2D eigenvalue weighted by atomic mass is 10.2. The van der Waals surface area contributed by atoms with Gasteiger partial charge in [0.05, 0.1) is 20.6 Å². The maximum Gasteiger partial charge on any atom is 0.261 e. The van der Waals surface area contributed by atoms with Crippen LogP contribution in [-0.4, -0.2) is 14.3 Å². The third kappa shape index (κ3) is 3.75. The predicted octanol–water partition coefficient (Wildman–Crippen LogP) is 3.52. The van der Waals surface area contributed by atoms with Crippen molar-refractivity contribution in [2.45, 2.75) is 18.7 Å². The van der Waals surface area contributed by atoms with Gasteiger partial charge in [-0.05, 0) is 12.1 Å². The van der Waals surface area contributed by atoms with Gasteiger partial charge in [0.2, 0.25) is 5.91 Å². The second-order valence-corrected chi connectivity index (χ2v) is 7.22. The lowest BCUT2D eigenvalue weighted by Gasteiger charge is -2.12. The van der Waals surface area contributed by atoms with Crippen molar-refractivity contribution >= 4 is 54.5 Å². The van der Waals surface area contributed by atoms with Crippen molar-refractivity contribution in [1.29, 1.82) is 0 Å². The van der Waals surface area contributed by atoms with Gasteiger partial charge in [-0.1, -0.05) is 37.0 Å². The highest BCUT2D eigenvalue weighted by Gasteiger charge is 2.18. The highest BCUT2D eigenvalue weighted by molar-refractivity contribution is 8.13. The third-order valence-electron chi connectivity index (χ3n) is 2.07. The lowest BCUT2D eigenvalue weighted by Crippen LogP contribution is -2.18. The van der Waals surface area contributed by atoms with E-state index < -0.39 is 9.05 Å². The zero-order valence-corrected chi connectivity index (χ0v) is 12.6. The number of amides is 1. The van der Waals surface area contributed by atoms with Crippen LogP contribution in [0, 0.1) is 5.92 Å². The summed E-state index contributed by atoms with van der Waals surface area (Å²) in [5.41, 5.74) is 0.168. The van der Waals surface area contributed by atoms with E-state index in [-0.39, 0.29) is 32.5 Å². The maximum absolute atomic E-state index is 11.5. The number of anilines is 1. The summed E-state index contributed by atoms with van der Waals surface area (Å²) < 4.78 is 22.3. The van der Waals surface area contributed by atoms with Gasteiger partial charge in [-0.2, -0.15) is 0 Å². The molecule has 0 unspecified atom stereocenters. The van der Waals surface area contributed by atoms with Crippen molar-refractivity contribution in [3.05, 3.63) is 22.2 Å². The number of hydrogen-bond donors (Lipinski definition) is 1. The molecular weight excluding hydrogens is 321 g/mol. The molecule has 1 aromatic rings. The van der Waals surface area contributed by atoms with Crippen LogP contribution in [0.4, 0.5) is 5.69 Å². The molecule has 0 aliphatic carbocycles. The molecule has 0 saturated heterocycles. The molecule has 100 valence electrons. The lowest BCUT2D eigenvalue weighted by molar-refractivity contribution is -0.118. The van der Waals surface area contributed by atoms with E-state index in [9.17, 15) is 13.2 Å². The summed E-state index contributed by atoms with van der Waals surface area (Å²) in [4.78, 5) is 11.3. The van der Waals surface area contributed by atoms with Crippen LogP contribution >= 0.6 is 33.9 Å². The molecule has 8 heteroatoms. The summed E-state index contributed by atoms with van der Waals surface area (Å²) in [6.07, 6.45) is 0. The summed E-state index contributed by atoms with van der Waals surface area (Å²) in [5.74, 6) is -0.533. The quantitative estimate of drug-likeness (QED) is 0.863. The fourth-order valence-corrected chi connectivity index (χ4v) is 2.57. The van der Waals surface area contributed by atoms with Crippen LogP contribution in [0.5, 0.6) is 0 Å². The van der Waals surface area contributed by atoms with E-state index in [2.05, 4.69) is 5.32 Å². The summed E-state index contributed by atoms with van der Waals surface area (Å²) in [6.45, 7) is 3.41. The van der Waals surface area contributed by atoms with E-state index >= 15 is 0 Å². The van der Waals surface area contributed by atoms with Gasteiger partial charge in [-0.3, -0.25) is 4.79 Å². The van der Waals surface area contributed by atoms with E-state index in [0.717, 1.165) is 12.1 Å². The Morgan fingerprint density at radius 3 is 2.00 bits per heavy atom. The van der Waals surface area contributed by atoms with E-state index in [1.165, 1.54) is 0 Å². The standard InChI is InChI=1S/C10H10Cl3NO3S/c1-5(2)10(15)14-9-7(11)3-6(4-8(9)12)18(13,16)17/h3-5H,1-2H3,(H,14,15). The van der Waals surface area contributed by atoms with Crippen molar-refractivity contribution in [3.8, 4) is 0 Å². The predicted molar refractivity (Wildman–Crippen MR) is 73.0 cm³/mol. The SMILES string of the molecule is CC(C)C(=O)Nc1c(Cl)cc(S(=O)(=O)Cl)cc1Cl. The van der Waals surface area contributed by atoms with Crippen LogP contribution in [-0.2, 0) is 13.8 Å². The normalized spacial score (nSPS) is 11.7. The minimum atomic E-state index is -3.92. The minimum Gasteiger partial charge on any atom is -0.323 e. The molecule has 0 fully saturated rings. The molecule has 0 aliphatic rings. The van der Waals surface area contributed by atoms with Crippen LogP contribution in [0.3, 0.4) is 0 Å². The molecule has 0 saturated carbocycles. The van der Waals surface area contributed by atoms with Crippen molar-refractivity contribution in [2.75, 3.05) is 5.32 Å². The minimum absolute atomic E-state index is 0.00993. The van der Waals surface area contributed by atoms with Gasteiger partial charge in [0.15, 0.2) is 0 Å². The number of nitrogens with one attached hydrogen (secondary N) is 1. The van der Waals surface area contributed by atoms with E-state index in [1.807, 2.05) is 0 Å². The first-order valence-electron chi connectivity index (χ1n) is 4.87. The number of carbonyl (C=O) groups is 1. The van der Waals surface area contributed by atoms with E-state index in [4.69, 9.17) is 33.9 Å². The number of rotatable bonds is 3. The highest BCUT2D eigenvalue weighted by atomic mass is 35.7. The molecule has 1 N–H and O–H groups in total. The van der Waals surface area contributed by atoms with E-state index in [0.29, 0.717) is 0 Å². The molecule has 0 radical (unpaired) electrons. The zero-order chi connectivity index (χ0) is 14.1. The van der Waals surface area contributed by atoms with Crippen LogP contribution < -0.4 is 5.32 Å². The van der Waals surface area contributed by atoms with Crippen LogP contribution in [0.25, 0.3) is 0 Å². The Labute approximate surface area is 120 Å². The van der Waals surface area contributed by atoms with Crippen molar-refractivity contribution < 1.29 is 13.2 Å². The molecule has 18 heavy (non-hydrogen) atoms. The molecule has 4 nitrogen and oxygen atoms in total. The topological polar surface area (TPSA) is 63.2 Å². The monoisotopic (exact) mass is 329 g/mol.